The molecule has 0 aromatic rings. The van der Waals surface area contributed by atoms with Crippen molar-refractivity contribution < 1.29 is 77.9 Å². The van der Waals surface area contributed by atoms with Gasteiger partial charge in [0.2, 0.25) is 53.2 Å². The van der Waals surface area contributed by atoms with E-state index in [0.29, 0.717) is 12.8 Å². The first kappa shape index (κ1) is 70.1. The molecule has 0 aromatic heterocycles. The molecule has 1 saturated heterocycles. The normalized spacial score (nSPS) is 23.8. The van der Waals surface area contributed by atoms with Gasteiger partial charge in [0.15, 0.2) is 0 Å². The number of aliphatic carboxylic acids is 1. The molecule has 0 spiro atoms. The van der Waals surface area contributed by atoms with E-state index in [1.807, 2.05) is 0 Å². The number of hydrogen-bond acceptors (Lipinski definition) is 15. The monoisotopic (exact) mass is 1110 g/mol. The van der Waals surface area contributed by atoms with Gasteiger partial charge in [-0.15, -0.1) is 0 Å². The molecule has 446 valence electrons. The Bertz CT molecular complexity index is 2000. The van der Waals surface area contributed by atoms with Crippen LogP contribution in [0.3, 0.4) is 0 Å². The Morgan fingerprint density at radius 2 is 1.04 bits per heavy atom. The van der Waals surface area contributed by atoms with E-state index in [4.69, 9.17) is 4.74 Å². The van der Waals surface area contributed by atoms with Gasteiger partial charge in [0, 0.05) is 6.42 Å². The van der Waals surface area contributed by atoms with Crippen molar-refractivity contribution in [2.45, 2.75) is 227 Å². The molecule has 0 aliphatic carbocycles. The summed E-state index contributed by atoms with van der Waals surface area (Å²) in [5.41, 5.74) is 0. The summed E-state index contributed by atoms with van der Waals surface area (Å²) in [6.45, 7) is 18.0. The number of rotatable bonds is 26. The summed E-state index contributed by atoms with van der Waals surface area (Å²) in [7, 11) is 0. The van der Waals surface area contributed by atoms with E-state index in [9.17, 15) is 73.2 Å². The predicted molar refractivity (Wildman–Crippen MR) is 286 cm³/mol. The van der Waals surface area contributed by atoms with Crippen LogP contribution in [0.5, 0.6) is 0 Å². The third-order valence-corrected chi connectivity index (χ3v) is 12.8. The van der Waals surface area contributed by atoms with E-state index >= 15 is 0 Å². The molecule has 1 aliphatic heterocycles. The minimum Gasteiger partial charge on any atom is -0.481 e. The van der Waals surface area contributed by atoms with Gasteiger partial charge < -0.3 is 73.0 Å². The lowest BCUT2D eigenvalue weighted by atomic mass is 9.98. The van der Waals surface area contributed by atoms with Gasteiger partial charge in [-0.2, -0.15) is 0 Å². The molecule has 0 aromatic carbocycles. The zero-order valence-corrected chi connectivity index (χ0v) is 47.8. The van der Waals surface area contributed by atoms with Crippen molar-refractivity contribution in [2.24, 2.45) is 29.6 Å². The van der Waals surface area contributed by atoms with Gasteiger partial charge in [0.25, 0.3) is 0 Å². The number of carbonyl (C=O) groups is 11. The molecule has 0 saturated carbocycles. The highest BCUT2D eigenvalue weighted by atomic mass is 16.5. The summed E-state index contributed by atoms with van der Waals surface area (Å²) in [5.74, 6) is -13.5. The van der Waals surface area contributed by atoms with Gasteiger partial charge in [0.05, 0.1) is 25.7 Å². The van der Waals surface area contributed by atoms with Gasteiger partial charge >= 0.3 is 11.9 Å². The summed E-state index contributed by atoms with van der Waals surface area (Å²) in [6.07, 6.45) is 0.809. The molecule has 1 heterocycles. The smallest absolute Gasteiger partial charge is 0.329 e. The Kier molecular flexibility index (Phi) is 31.9. The number of carboxylic acids is 1. The van der Waals surface area contributed by atoms with Crippen LogP contribution < -0.4 is 47.9 Å². The third-order valence-electron chi connectivity index (χ3n) is 12.8. The molecule has 9 amide bonds. The average molecular weight is 1110 g/mol. The molecule has 0 unspecified atom stereocenters. The number of unbranched alkanes of at least 4 members (excludes halogenated alkanes) is 4. The number of carboxylic acid groups (broad SMARTS) is 1. The van der Waals surface area contributed by atoms with Crippen LogP contribution in [-0.2, 0) is 57.5 Å². The van der Waals surface area contributed by atoms with Crippen molar-refractivity contribution in [2.75, 3.05) is 13.2 Å². The van der Waals surface area contributed by atoms with E-state index in [-0.39, 0.29) is 43.4 Å². The van der Waals surface area contributed by atoms with Crippen molar-refractivity contribution in [3.8, 4) is 0 Å². The highest BCUT2D eigenvalue weighted by Gasteiger charge is 2.40. The summed E-state index contributed by atoms with van der Waals surface area (Å²) in [5, 5.41) is 63.3. The Morgan fingerprint density at radius 1 is 0.564 bits per heavy atom. The van der Waals surface area contributed by atoms with Gasteiger partial charge in [-0.1, -0.05) is 108 Å². The van der Waals surface area contributed by atoms with Crippen LogP contribution in [0.25, 0.3) is 0 Å². The average Bonchev–Trinajstić information content (AvgIpc) is 3.33. The van der Waals surface area contributed by atoms with Crippen LogP contribution >= 0.6 is 0 Å². The van der Waals surface area contributed by atoms with Crippen molar-refractivity contribution in [1.82, 2.24) is 47.9 Å². The second-order valence-electron chi connectivity index (χ2n) is 22.3. The summed E-state index contributed by atoms with van der Waals surface area (Å²) >= 11 is 0. The largest absolute Gasteiger partial charge is 0.481 e. The Hall–Kier alpha value is -5.95. The maximum Gasteiger partial charge on any atom is 0.329 e. The van der Waals surface area contributed by atoms with Crippen molar-refractivity contribution >= 4 is 65.1 Å². The molecule has 78 heavy (non-hydrogen) atoms. The first-order valence-corrected chi connectivity index (χ1v) is 27.5. The molecule has 1 aliphatic rings. The van der Waals surface area contributed by atoms with E-state index in [1.54, 1.807) is 55.4 Å². The van der Waals surface area contributed by atoms with Crippen LogP contribution in [0.2, 0.25) is 0 Å². The standard InChI is InChI=1S/C53H93N9O16/c1-13-14-15-16-17-18-33(65)24-40(66)54-35(21-27(2)3)46(70)55-34(19-20-41(67)68)45(69)62-44-32(12)78-53(77)43(31(10)11)61-50(74)39(26-64)59-47(71)36(22-28(4)5)56-49(73)38(25-63)58-48(72)37(23-29(6)7)57-51(75)42(30(8)9)60-52(44)76/h27-39,42-44,63-65H,13-26H2,1-12H3,(H,54,66)(H,55,70)(H,56,73)(H,57,75)(H,58,72)(H,59,71)(H,60,76)(H,61,74)(H,62,69)(H,67,68)/t32-,33-,34-,35+,36+,37+,38+,39-,42-,43-,44-/m1/s1. The summed E-state index contributed by atoms with van der Waals surface area (Å²) < 4.78 is 5.76. The zero-order chi connectivity index (χ0) is 59.6. The molecule has 25 nitrogen and oxygen atoms in total. The SMILES string of the molecule is CCCCCCC[C@@H](O)CC(=O)N[C@@H](CC(C)C)C(=O)N[C@H](CCC(=O)O)C(=O)N[C@H]1C(=O)N[C@H](C(C)C)C(=O)N[C@@H](CC(C)C)C(=O)N[C@@H](CO)C(=O)N[C@@H](CC(C)C)C(=O)N[C@H](CO)C(=O)N[C@H](C(C)C)C(=O)O[C@@H]1C. The third kappa shape index (κ3) is 25.7. The van der Waals surface area contributed by atoms with Crippen LogP contribution in [0.4, 0.5) is 0 Å². The van der Waals surface area contributed by atoms with E-state index in [1.165, 1.54) is 20.8 Å². The number of ether oxygens (including phenoxy) is 1. The van der Waals surface area contributed by atoms with Gasteiger partial charge in [-0.05, 0) is 68.6 Å². The fourth-order valence-electron chi connectivity index (χ4n) is 8.44. The quantitative estimate of drug-likeness (QED) is 0.0391. The van der Waals surface area contributed by atoms with Gasteiger partial charge in [-0.3, -0.25) is 47.9 Å². The van der Waals surface area contributed by atoms with E-state index in [0.717, 1.165) is 25.7 Å². The highest BCUT2D eigenvalue weighted by molar-refractivity contribution is 5.99. The van der Waals surface area contributed by atoms with Crippen LogP contribution in [0, 0.1) is 29.6 Å². The van der Waals surface area contributed by atoms with Crippen LogP contribution in [0.1, 0.15) is 160 Å². The molecule has 13 N–H and O–H groups in total. The number of aliphatic hydroxyl groups excluding tert-OH is 3. The lowest BCUT2D eigenvalue weighted by Gasteiger charge is -2.32. The summed E-state index contributed by atoms with van der Waals surface area (Å²) in [4.78, 5) is 151. The molecule has 1 fully saturated rings. The number of hydrogen-bond donors (Lipinski definition) is 13. The second-order valence-corrected chi connectivity index (χ2v) is 22.3. The fraction of sp³-hybridized carbons (Fsp3) is 0.792. The lowest BCUT2D eigenvalue weighted by molar-refractivity contribution is -0.157. The molecule has 0 bridgehead atoms. The maximum absolute atomic E-state index is 14.6. The number of nitrogens with one attached hydrogen (secondary N) is 9. The minimum absolute atomic E-state index is 0.0109. The molecule has 0 radical (unpaired) electrons. The topological polar surface area (TPSA) is 386 Å². The molecule has 1 rings (SSSR count). The van der Waals surface area contributed by atoms with Crippen LogP contribution in [-0.4, -0.2) is 165 Å². The number of cyclic esters (lactones) is 1. The Morgan fingerprint density at radius 3 is 1.51 bits per heavy atom. The first-order chi connectivity index (χ1) is 36.4. The highest BCUT2D eigenvalue weighted by Crippen LogP contribution is 2.16. The molecular formula is C53H93N9O16. The number of carbonyl (C=O) groups excluding carboxylic acids is 10. The van der Waals surface area contributed by atoms with Crippen molar-refractivity contribution in [3.63, 3.8) is 0 Å². The lowest BCUT2D eigenvalue weighted by Crippen LogP contribution is -2.63. The van der Waals surface area contributed by atoms with Gasteiger partial charge in [0.1, 0.15) is 60.5 Å². The van der Waals surface area contributed by atoms with Gasteiger partial charge in [-0.25, -0.2) is 4.79 Å². The van der Waals surface area contributed by atoms with E-state index in [2.05, 4.69) is 54.8 Å². The van der Waals surface area contributed by atoms with Crippen LogP contribution in [0.15, 0.2) is 0 Å². The number of amides is 9. The predicted octanol–water partition coefficient (Wildman–Crippen LogP) is -0.294. The Labute approximate surface area is 459 Å². The molecule has 25 heteroatoms. The Balaban J connectivity index is 3.95. The first-order valence-electron chi connectivity index (χ1n) is 27.5. The van der Waals surface area contributed by atoms with Crippen molar-refractivity contribution in [3.05, 3.63) is 0 Å². The number of aliphatic hydroxyl groups is 3. The fourth-order valence-corrected chi connectivity index (χ4v) is 8.44. The molecule has 11 atom stereocenters. The second kappa shape index (κ2) is 35.5. The summed E-state index contributed by atoms with van der Waals surface area (Å²) in [6, 6.07) is -14.1. The van der Waals surface area contributed by atoms with E-state index < -0.39 is 170 Å². The van der Waals surface area contributed by atoms with Crippen molar-refractivity contribution in [1.29, 1.82) is 0 Å². The number of esters is 1. The maximum atomic E-state index is 14.6. The molecular weight excluding hydrogens is 1020 g/mol. The zero-order valence-electron chi connectivity index (χ0n) is 47.8. The minimum atomic E-state index is -1.95.